The molecule has 0 amide bonds. The molecule has 0 aliphatic carbocycles. The van der Waals surface area contributed by atoms with E-state index in [1.54, 1.807) is 0 Å². The van der Waals surface area contributed by atoms with Crippen molar-refractivity contribution in [3.05, 3.63) is 35.5 Å². The summed E-state index contributed by atoms with van der Waals surface area (Å²) in [5, 5.41) is 10.2. The molecular weight excluding hydrogens is 357 g/mol. The van der Waals surface area contributed by atoms with Gasteiger partial charge in [-0.25, -0.2) is 0 Å². The number of carbonyl (C=O) groups excluding carboxylic acids is 1. The third kappa shape index (κ3) is 1.87. The highest BCUT2D eigenvalue weighted by Crippen LogP contribution is 2.38. The summed E-state index contributed by atoms with van der Waals surface area (Å²) in [5.41, 5.74) is 2.21. The van der Waals surface area contributed by atoms with Gasteiger partial charge in [0.1, 0.15) is 3.92 Å². The first-order valence-corrected chi connectivity index (χ1v) is 7.37. The van der Waals surface area contributed by atoms with Gasteiger partial charge in [0.2, 0.25) is 0 Å². The summed E-state index contributed by atoms with van der Waals surface area (Å²) in [6.45, 7) is 0.782. The topological polar surface area (TPSA) is 59.3 Å². The molecule has 1 unspecified atom stereocenters. The summed E-state index contributed by atoms with van der Waals surface area (Å²) in [5.74, 6) is -0.849. The summed E-state index contributed by atoms with van der Waals surface area (Å²) >= 11 is 1.89. The number of hydrogen-bond acceptors (Lipinski definition) is 2. The minimum absolute atomic E-state index is 0.0559. The minimum Gasteiger partial charge on any atom is -0.480 e. The SMILES string of the molecule is O=C1CCCn2c1c(C(I)C(=O)O)c1ccccc12. The molecule has 0 radical (unpaired) electrons. The molecule has 1 atom stereocenters. The van der Waals surface area contributed by atoms with Crippen LogP contribution < -0.4 is 0 Å². The maximum atomic E-state index is 12.2. The Balaban J connectivity index is 2.38. The van der Waals surface area contributed by atoms with Gasteiger partial charge in [-0.2, -0.15) is 0 Å². The van der Waals surface area contributed by atoms with Crippen LogP contribution in [0.15, 0.2) is 24.3 Å². The molecule has 1 N–H and O–H groups in total. The van der Waals surface area contributed by atoms with Gasteiger partial charge in [-0.05, 0) is 12.5 Å². The van der Waals surface area contributed by atoms with Crippen molar-refractivity contribution in [1.82, 2.24) is 4.57 Å². The van der Waals surface area contributed by atoms with Crippen LogP contribution in [0.3, 0.4) is 0 Å². The average Bonchev–Trinajstić information content (AvgIpc) is 2.74. The number of aliphatic carboxylic acids is 1. The Hall–Kier alpha value is -1.37. The van der Waals surface area contributed by atoms with Gasteiger partial charge in [-0.15, -0.1) is 0 Å². The molecular formula is C14H12INO3. The van der Waals surface area contributed by atoms with Gasteiger partial charge in [0, 0.05) is 29.4 Å². The summed E-state index contributed by atoms with van der Waals surface area (Å²) in [6.07, 6.45) is 1.33. The number of aryl methyl sites for hydroxylation is 1. The molecule has 19 heavy (non-hydrogen) atoms. The lowest BCUT2D eigenvalue weighted by Gasteiger charge is -2.16. The molecule has 2 aromatic rings. The van der Waals surface area contributed by atoms with Crippen LogP contribution in [0.4, 0.5) is 0 Å². The first-order valence-electron chi connectivity index (χ1n) is 6.12. The zero-order valence-electron chi connectivity index (χ0n) is 10.1. The smallest absolute Gasteiger partial charge is 0.321 e. The normalized spacial score (nSPS) is 16.4. The molecule has 1 aliphatic rings. The fourth-order valence-corrected chi connectivity index (χ4v) is 3.39. The summed E-state index contributed by atoms with van der Waals surface area (Å²) in [4.78, 5) is 23.5. The Morgan fingerprint density at radius 3 is 2.84 bits per heavy atom. The summed E-state index contributed by atoms with van der Waals surface area (Å²) < 4.78 is 1.28. The number of aromatic nitrogens is 1. The molecule has 0 bridgehead atoms. The number of halogens is 1. The lowest BCUT2D eigenvalue weighted by atomic mass is 10.0. The van der Waals surface area contributed by atoms with E-state index in [-0.39, 0.29) is 5.78 Å². The van der Waals surface area contributed by atoms with Gasteiger partial charge < -0.3 is 9.67 Å². The summed E-state index contributed by atoms with van der Waals surface area (Å²) in [6, 6.07) is 7.65. The highest BCUT2D eigenvalue weighted by Gasteiger charge is 2.31. The van der Waals surface area contributed by atoms with Crippen LogP contribution in [0.5, 0.6) is 0 Å². The zero-order valence-corrected chi connectivity index (χ0v) is 12.3. The molecule has 1 aromatic carbocycles. The van der Waals surface area contributed by atoms with E-state index >= 15 is 0 Å². The highest BCUT2D eigenvalue weighted by molar-refractivity contribution is 14.1. The Morgan fingerprint density at radius 2 is 2.11 bits per heavy atom. The minimum atomic E-state index is -0.905. The maximum Gasteiger partial charge on any atom is 0.321 e. The molecule has 0 spiro atoms. The predicted octanol–water partition coefficient (Wildman–Crippen LogP) is 3.18. The fourth-order valence-electron chi connectivity index (χ4n) is 2.76. The van der Waals surface area contributed by atoms with Crippen LogP contribution in [0.1, 0.15) is 32.8 Å². The molecule has 3 rings (SSSR count). The number of benzene rings is 1. The molecule has 4 nitrogen and oxygen atoms in total. The third-order valence-electron chi connectivity index (χ3n) is 3.53. The molecule has 1 aromatic heterocycles. The largest absolute Gasteiger partial charge is 0.480 e. The van der Waals surface area contributed by atoms with E-state index in [2.05, 4.69) is 0 Å². The molecule has 2 heterocycles. The van der Waals surface area contributed by atoms with Crippen LogP contribution in [0.2, 0.25) is 0 Å². The van der Waals surface area contributed by atoms with Crippen LogP contribution in [-0.4, -0.2) is 21.4 Å². The number of Topliss-reactive ketones (excluding diaryl/α,β-unsaturated/α-hetero) is 1. The van der Waals surface area contributed by atoms with Crippen molar-refractivity contribution in [1.29, 1.82) is 0 Å². The van der Waals surface area contributed by atoms with E-state index in [0.717, 1.165) is 23.9 Å². The Bertz CT molecular complexity index is 689. The standard InChI is InChI=1S/C14H12INO3/c15-12(14(18)19)11-8-4-1-2-5-9(8)16-7-3-6-10(17)13(11)16/h1-2,4-5,12H,3,6-7H2,(H,18,19). The second-order valence-corrected chi connectivity index (χ2v) is 5.90. The molecule has 0 saturated heterocycles. The van der Waals surface area contributed by atoms with E-state index < -0.39 is 9.89 Å². The lowest BCUT2D eigenvalue weighted by Crippen LogP contribution is -2.19. The van der Waals surface area contributed by atoms with Gasteiger partial charge >= 0.3 is 5.97 Å². The average molecular weight is 369 g/mol. The maximum absolute atomic E-state index is 12.2. The van der Waals surface area contributed by atoms with Crippen molar-refractivity contribution in [3.8, 4) is 0 Å². The Morgan fingerprint density at radius 1 is 1.37 bits per heavy atom. The van der Waals surface area contributed by atoms with Gasteiger partial charge in [-0.1, -0.05) is 40.8 Å². The first-order chi connectivity index (χ1) is 9.11. The molecule has 0 fully saturated rings. The molecule has 1 aliphatic heterocycles. The van der Waals surface area contributed by atoms with Crippen LogP contribution in [0, 0.1) is 0 Å². The van der Waals surface area contributed by atoms with Crippen molar-refractivity contribution in [2.24, 2.45) is 0 Å². The number of fused-ring (bicyclic) bond motifs is 3. The molecule has 0 saturated carbocycles. The van der Waals surface area contributed by atoms with Gasteiger partial charge in [-0.3, -0.25) is 9.59 Å². The Kier molecular flexibility index (Phi) is 3.08. The van der Waals surface area contributed by atoms with Gasteiger partial charge in [0.15, 0.2) is 5.78 Å². The van der Waals surface area contributed by atoms with E-state index in [1.165, 1.54) is 0 Å². The van der Waals surface area contributed by atoms with Gasteiger partial charge in [0.05, 0.1) is 5.69 Å². The van der Waals surface area contributed by atoms with Crippen molar-refractivity contribution >= 4 is 45.2 Å². The summed E-state index contributed by atoms with van der Waals surface area (Å²) in [7, 11) is 0. The highest BCUT2D eigenvalue weighted by atomic mass is 127. The number of para-hydroxylation sites is 1. The Labute approximate surface area is 123 Å². The van der Waals surface area contributed by atoms with Crippen LogP contribution in [-0.2, 0) is 11.3 Å². The number of carboxylic acid groups (broad SMARTS) is 1. The first kappa shape index (κ1) is 12.7. The third-order valence-corrected chi connectivity index (χ3v) is 4.69. The van der Waals surface area contributed by atoms with Crippen molar-refractivity contribution in [2.45, 2.75) is 23.3 Å². The van der Waals surface area contributed by atoms with Crippen molar-refractivity contribution < 1.29 is 14.7 Å². The van der Waals surface area contributed by atoms with Crippen molar-refractivity contribution in [3.63, 3.8) is 0 Å². The van der Waals surface area contributed by atoms with Crippen molar-refractivity contribution in [2.75, 3.05) is 0 Å². The van der Waals surface area contributed by atoms with Gasteiger partial charge in [0.25, 0.3) is 0 Å². The second kappa shape index (κ2) is 4.63. The zero-order chi connectivity index (χ0) is 13.6. The number of nitrogens with zero attached hydrogens (tertiary/aromatic N) is 1. The van der Waals surface area contributed by atoms with E-state index in [0.29, 0.717) is 17.7 Å². The van der Waals surface area contributed by atoms with E-state index in [4.69, 9.17) is 0 Å². The number of alkyl halides is 1. The second-order valence-electron chi connectivity index (χ2n) is 4.66. The number of hydrogen-bond donors (Lipinski definition) is 1. The number of rotatable bonds is 2. The van der Waals surface area contributed by atoms with E-state index in [1.807, 2.05) is 51.4 Å². The van der Waals surface area contributed by atoms with Crippen LogP contribution >= 0.6 is 22.6 Å². The number of carbonyl (C=O) groups is 2. The molecule has 5 heteroatoms. The number of ketones is 1. The molecule has 98 valence electrons. The number of carboxylic acids is 1. The quantitative estimate of drug-likeness (QED) is 0.654. The lowest BCUT2D eigenvalue weighted by molar-refractivity contribution is -0.136. The predicted molar refractivity (Wildman–Crippen MR) is 79.9 cm³/mol. The monoisotopic (exact) mass is 369 g/mol. The van der Waals surface area contributed by atoms with Crippen LogP contribution in [0.25, 0.3) is 10.9 Å². The van der Waals surface area contributed by atoms with E-state index in [9.17, 15) is 14.7 Å². The fraction of sp³-hybridized carbons (Fsp3) is 0.286.